The van der Waals surface area contributed by atoms with E-state index in [0.29, 0.717) is 0 Å². The number of unbranched alkanes of at least 4 members (excludes halogenated alkanes) is 1. The molecule has 4 heteroatoms. The maximum Gasteiger partial charge on any atom is 0.0466 e. The van der Waals surface area contributed by atoms with Crippen LogP contribution in [0.4, 0.5) is 0 Å². The lowest BCUT2D eigenvalue weighted by atomic mass is 10.2. The average Bonchev–Trinajstić information content (AvgIpc) is 2.86. The van der Waals surface area contributed by atoms with Gasteiger partial charge in [-0.05, 0) is 45.5 Å². The Morgan fingerprint density at radius 1 is 1.35 bits per heavy atom. The summed E-state index contributed by atoms with van der Waals surface area (Å²) in [5.41, 5.74) is 0. The molecule has 0 bridgehead atoms. The van der Waals surface area contributed by atoms with Gasteiger partial charge in [-0.3, -0.25) is 0 Å². The van der Waals surface area contributed by atoms with Crippen molar-refractivity contribution in [1.82, 2.24) is 10.2 Å². The summed E-state index contributed by atoms with van der Waals surface area (Å²) in [6.45, 7) is 7.23. The number of hydrogen-bond donors (Lipinski definition) is 1. The molecule has 0 aliphatic carbocycles. The van der Waals surface area contributed by atoms with Crippen molar-refractivity contribution in [3.05, 3.63) is 0 Å². The van der Waals surface area contributed by atoms with Crippen LogP contribution >= 0.6 is 11.8 Å². The molecule has 1 rings (SSSR count). The van der Waals surface area contributed by atoms with Gasteiger partial charge in [-0.15, -0.1) is 0 Å². The van der Waals surface area contributed by atoms with E-state index in [1.807, 2.05) is 0 Å². The van der Waals surface area contributed by atoms with Crippen molar-refractivity contribution in [2.75, 3.05) is 51.4 Å². The van der Waals surface area contributed by atoms with Crippen LogP contribution in [0.3, 0.4) is 0 Å². The summed E-state index contributed by atoms with van der Waals surface area (Å²) < 4.78 is 5.31. The molecule has 0 amide bonds. The summed E-state index contributed by atoms with van der Waals surface area (Å²) >= 11 is 2.09. The molecule has 1 atom stereocenters. The van der Waals surface area contributed by atoms with Gasteiger partial charge < -0.3 is 15.0 Å². The van der Waals surface area contributed by atoms with Gasteiger partial charge in [0.05, 0.1) is 0 Å². The predicted molar refractivity (Wildman–Crippen MR) is 77.0 cm³/mol. The van der Waals surface area contributed by atoms with Crippen LogP contribution in [-0.4, -0.2) is 62.3 Å². The average molecular weight is 260 g/mol. The standard InChI is InChI=1S/C13H28N2OS/c1-3-16-10-5-4-7-14-8-9-15(2)13-6-11-17-12-13/h13-14H,3-12H2,1-2H3. The number of likely N-dealkylation sites (N-methyl/N-ethyl adjacent to an activating group) is 1. The molecule has 102 valence electrons. The molecule has 3 nitrogen and oxygen atoms in total. The highest BCUT2D eigenvalue weighted by Gasteiger charge is 2.18. The molecular formula is C13H28N2OS. The highest BCUT2D eigenvalue weighted by Crippen LogP contribution is 2.20. The molecule has 1 saturated heterocycles. The summed E-state index contributed by atoms with van der Waals surface area (Å²) in [5.74, 6) is 2.67. The first-order chi connectivity index (χ1) is 8.34. The number of nitrogens with one attached hydrogen (secondary N) is 1. The Labute approximate surface area is 111 Å². The van der Waals surface area contributed by atoms with Gasteiger partial charge in [0.1, 0.15) is 0 Å². The molecule has 0 aromatic rings. The van der Waals surface area contributed by atoms with Crippen LogP contribution in [0.1, 0.15) is 26.2 Å². The third kappa shape index (κ3) is 7.29. The zero-order chi connectivity index (χ0) is 12.3. The zero-order valence-electron chi connectivity index (χ0n) is 11.4. The van der Waals surface area contributed by atoms with E-state index in [9.17, 15) is 0 Å². The second-order valence-corrected chi connectivity index (χ2v) is 5.80. The first kappa shape index (κ1) is 15.3. The maximum absolute atomic E-state index is 5.31. The molecule has 1 heterocycles. The third-order valence-electron chi connectivity index (χ3n) is 3.27. The largest absolute Gasteiger partial charge is 0.382 e. The van der Waals surface area contributed by atoms with E-state index in [0.717, 1.165) is 32.3 Å². The molecular weight excluding hydrogens is 232 g/mol. The van der Waals surface area contributed by atoms with Gasteiger partial charge in [0.15, 0.2) is 0 Å². The number of rotatable bonds is 10. The number of ether oxygens (including phenoxy) is 1. The Morgan fingerprint density at radius 3 is 2.94 bits per heavy atom. The van der Waals surface area contributed by atoms with Crippen LogP contribution in [0.5, 0.6) is 0 Å². The van der Waals surface area contributed by atoms with Gasteiger partial charge in [-0.1, -0.05) is 0 Å². The fraction of sp³-hybridized carbons (Fsp3) is 1.00. The molecule has 0 aromatic carbocycles. The van der Waals surface area contributed by atoms with E-state index in [1.165, 1.54) is 37.3 Å². The lowest BCUT2D eigenvalue weighted by molar-refractivity contribution is 0.143. The van der Waals surface area contributed by atoms with E-state index in [2.05, 4.69) is 35.9 Å². The normalized spacial score (nSPS) is 20.3. The summed E-state index contributed by atoms with van der Waals surface area (Å²) in [5, 5.41) is 3.51. The van der Waals surface area contributed by atoms with Crippen molar-refractivity contribution >= 4 is 11.8 Å². The second kappa shape index (κ2) is 10.2. The SMILES string of the molecule is CCOCCCCNCCN(C)C1CCSC1. The van der Waals surface area contributed by atoms with Gasteiger partial charge in [-0.2, -0.15) is 11.8 Å². The highest BCUT2D eigenvalue weighted by molar-refractivity contribution is 7.99. The lowest BCUT2D eigenvalue weighted by Gasteiger charge is -2.23. The fourth-order valence-corrected chi connectivity index (χ4v) is 3.33. The van der Waals surface area contributed by atoms with Crippen molar-refractivity contribution in [1.29, 1.82) is 0 Å². The van der Waals surface area contributed by atoms with E-state index in [4.69, 9.17) is 4.74 Å². The molecule has 1 aliphatic rings. The Balaban J connectivity index is 1.83. The van der Waals surface area contributed by atoms with Crippen LogP contribution in [-0.2, 0) is 4.74 Å². The molecule has 1 fully saturated rings. The Bertz CT molecular complexity index is 175. The van der Waals surface area contributed by atoms with Gasteiger partial charge in [0.2, 0.25) is 0 Å². The van der Waals surface area contributed by atoms with Crippen LogP contribution in [0.2, 0.25) is 0 Å². The molecule has 0 spiro atoms. The van der Waals surface area contributed by atoms with E-state index < -0.39 is 0 Å². The monoisotopic (exact) mass is 260 g/mol. The molecule has 1 aliphatic heterocycles. The first-order valence-corrected chi connectivity index (χ1v) is 8.06. The lowest BCUT2D eigenvalue weighted by Crippen LogP contribution is -2.37. The van der Waals surface area contributed by atoms with E-state index in [-0.39, 0.29) is 0 Å². The van der Waals surface area contributed by atoms with E-state index in [1.54, 1.807) is 0 Å². The molecule has 0 radical (unpaired) electrons. The van der Waals surface area contributed by atoms with Gasteiger partial charge in [0, 0.05) is 38.1 Å². The van der Waals surface area contributed by atoms with Crippen molar-refractivity contribution in [3.8, 4) is 0 Å². The number of hydrogen-bond acceptors (Lipinski definition) is 4. The topological polar surface area (TPSA) is 24.5 Å². The number of thioether (sulfide) groups is 1. The van der Waals surface area contributed by atoms with Crippen molar-refractivity contribution < 1.29 is 4.74 Å². The minimum atomic E-state index is 0.819. The summed E-state index contributed by atoms with van der Waals surface area (Å²) in [6.07, 6.45) is 3.77. The summed E-state index contributed by atoms with van der Waals surface area (Å²) in [4.78, 5) is 2.51. The second-order valence-electron chi connectivity index (χ2n) is 4.65. The van der Waals surface area contributed by atoms with Crippen LogP contribution in [0, 0.1) is 0 Å². The van der Waals surface area contributed by atoms with Gasteiger partial charge in [0.25, 0.3) is 0 Å². The molecule has 0 saturated carbocycles. The molecule has 1 unspecified atom stereocenters. The first-order valence-electron chi connectivity index (χ1n) is 6.91. The Morgan fingerprint density at radius 2 is 2.24 bits per heavy atom. The third-order valence-corrected chi connectivity index (χ3v) is 4.41. The van der Waals surface area contributed by atoms with Crippen molar-refractivity contribution in [3.63, 3.8) is 0 Å². The summed E-state index contributed by atoms with van der Waals surface area (Å²) in [7, 11) is 2.26. The highest BCUT2D eigenvalue weighted by atomic mass is 32.2. The van der Waals surface area contributed by atoms with Gasteiger partial charge >= 0.3 is 0 Å². The zero-order valence-corrected chi connectivity index (χ0v) is 12.2. The van der Waals surface area contributed by atoms with Crippen LogP contribution < -0.4 is 5.32 Å². The smallest absolute Gasteiger partial charge is 0.0466 e. The maximum atomic E-state index is 5.31. The quantitative estimate of drug-likeness (QED) is 0.606. The Hall–Kier alpha value is 0.230. The Kier molecular flexibility index (Phi) is 9.16. The predicted octanol–water partition coefficient (Wildman–Crippen LogP) is 1.83. The van der Waals surface area contributed by atoms with Crippen molar-refractivity contribution in [2.45, 2.75) is 32.2 Å². The minimum absolute atomic E-state index is 0.819. The number of nitrogens with zero attached hydrogens (tertiary/aromatic N) is 1. The summed E-state index contributed by atoms with van der Waals surface area (Å²) in [6, 6.07) is 0.819. The van der Waals surface area contributed by atoms with Crippen LogP contribution in [0.25, 0.3) is 0 Å². The molecule has 1 N–H and O–H groups in total. The van der Waals surface area contributed by atoms with Crippen molar-refractivity contribution in [2.24, 2.45) is 0 Å². The van der Waals surface area contributed by atoms with Crippen LogP contribution in [0.15, 0.2) is 0 Å². The fourth-order valence-electron chi connectivity index (χ4n) is 2.03. The molecule has 0 aromatic heterocycles. The van der Waals surface area contributed by atoms with E-state index >= 15 is 0 Å². The van der Waals surface area contributed by atoms with Gasteiger partial charge in [-0.25, -0.2) is 0 Å². The minimum Gasteiger partial charge on any atom is -0.382 e. The molecule has 17 heavy (non-hydrogen) atoms.